The summed E-state index contributed by atoms with van der Waals surface area (Å²) in [5, 5.41) is -0.136. The monoisotopic (exact) mass is 611 g/mol. The van der Waals surface area contributed by atoms with Gasteiger partial charge in [-0.3, -0.25) is 19.2 Å². The van der Waals surface area contributed by atoms with Crippen LogP contribution < -0.4 is 24.0 Å². The van der Waals surface area contributed by atoms with E-state index in [1.807, 2.05) is 6.92 Å². The minimum absolute atomic E-state index is 0.146. The summed E-state index contributed by atoms with van der Waals surface area (Å²) >= 11 is 2.26. The van der Waals surface area contributed by atoms with Crippen LogP contribution >= 0.6 is 23.1 Å². The standard InChI is InChI=1S/C29H29N3O8S2/c1-3-39-20-14-16(4-9-19(20)40-15-21(33)31-10-12-38-13-11-31)22-23-25(41-26-24(22)42-29(36)30-26)28(35)32(27(23)34)17-5-7-18(37-2)8-6-17/h4-9,14,22-23,25H,3,10-13,15H2,1-2H3,(H,30,36). The van der Waals surface area contributed by atoms with E-state index in [0.29, 0.717) is 71.3 Å². The quantitative estimate of drug-likeness (QED) is 0.383. The van der Waals surface area contributed by atoms with Gasteiger partial charge in [0.25, 0.3) is 5.91 Å². The number of rotatable bonds is 8. The zero-order valence-corrected chi connectivity index (χ0v) is 24.6. The van der Waals surface area contributed by atoms with Crippen LogP contribution in [0.5, 0.6) is 17.2 Å². The fourth-order valence-electron chi connectivity index (χ4n) is 5.51. The van der Waals surface area contributed by atoms with Gasteiger partial charge in [0, 0.05) is 23.9 Å². The van der Waals surface area contributed by atoms with E-state index in [9.17, 15) is 19.2 Å². The van der Waals surface area contributed by atoms with Crippen molar-refractivity contribution < 1.29 is 33.3 Å². The summed E-state index contributed by atoms with van der Waals surface area (Å²) in [6.07, 6.45) is 0. The number of anilines is 1. The van der Waals surface area contributed by atoms with E-state index in [2.05, 4.69) is 4.98 Å². The number of aromatic amines is 1. The number of benzene rings is 2. The molecule has 3 atom stereocenters. The Kier molecular flexibility index (Phi) is 7.97. The molecule has 3 aliphatic heterocycles. The number of ether oxygens (including phenoxy) is 4. The molecule has 0 spiro atoms. The molecule has 13 heteroatoms. The second kappa shape index (κ2) is 11.8. The van der Waals surface area contributed by atoms with Crippen LogP contribution in [0.25, 0.3) is 0 Å². The highest BCUT2D eigenvalue weighted by atomic mass is 32.2. The summed E-state index contributed by atoms with van der Waals surface area (Å²) in [6.45, 7) is 4.05. The predicted octanol–water partition coefficient (Wildman–Crippen LogP) is 2.88. The Morgan fingerprint density at radius 3 is 2.50 bits per heavy atom. The molecule has 3 amide bonds. The topological polar surface area (TPSA) is 127 Å². The second-order valence-electron chi connectivity index (χ2n) is 9.88. The van der Waals surface area contributed by atoms with E-state index in [4.69, 9.17) is 18.9 Å². The number of hydrogen-bond acceptors (Lipinski definition) is 10. The molecule has 1 aromatic heterocycles. The summed E-state index contributed by atoms with van der Waals surface area (Å²) < 4.78 is 22.3. The number of thiazole rings is 1. The molecule has 42 heavy (non-hydrogen) atoms. The van der Waals surface area contributed by atoms with Gasteiger partial charge in [0.2, 0.25) is 11.8 Å². The summed E-state index contributed by atoms with van der Waals surface area (Å²) in [4.78, 5) is 59.0. The summed E-state index contributed by atoms with van der Waals surface area (Å²) in [5.41, 5.74) is 1.16. The number of carbonyl (C=O) groups excluding carboxylic acids is 3. The van der Waals surface area contributed by atoms with Crippen molar-refractivity contribution >= 4 is 46.5 Å². The minimum atomic E-state index is -0.743. The zero-order chi connectivity index (χ0) is 29.4. The zero-order valence-electron chi connectivity index (χ0n) is 23.0. The number of fused-ring (bicyclic) bond motifs is 2. The average Bonchev–Trinajstić information content (AvgIpc) is 3.50. The minimum Gasteiger partial charge on any atom is -0.497 e. The van der Waals surface area contributed by atoms with Crippen LogP contribution in [-0.4, -0.2) is 79.5 Å². The first-order valence-electron chi connectivity index (χ1n) is 13.6. The molecule has 3 aliphatic rings. The first-order chi connectivity index (χ1) is 20.4. The van der Waals surface area contributed by atoms with E-state index in [-0.39, 0.29) is 29.2 Å². The van der Waals surface area contributed by atoms with Gasteiger partial charge in [-0.1, -0.05) is 29.2 Å². The molecule has 0 aliphatic carbocycles. The van der Waals surface area contributed by atoms with Crippen molar-refractivity contribution in [2.75, 3.05) is 51.5 Å². The maximum atomic E-state index is 14.0. The van der Waals surface area contributed by atoms with Crippen molar-refractivity contribution in [3.8, 4) is 17.2 Å². The summed E-state index contributed by atoms with van der Waals surface area (Å²) in [5.74, 6) is -0.728. The van der Waals surface area contributed by atoms with Crippen molar-refractivity contribution in [2.24, 2.45) is 5.92 Å². The van der Waals surface area contributed by atoms with Gasteiger partial charge >= 0.3 is 4.87 Å². The van der Waals surface area contributed by atoms with E-state index < -0.39 is 17.1 Å². The van der Waals surface area contributed by atoms with Crippen molar-refractivity contribution in [3.05, 3.63) is 62.6 Å². The van der Waals surface area contributed by atoms with E-state index in [1.165, 1.54) is 16.7 Å². The van der Waals surface area contributed by atoms with E-state index in [1.54, 1.807) is 54.5 Å². The summed E-state index contributed by atoms with van der Waals surface area (Å²) in [6, 6.07) is 12.1. The Bertz CT molecular complexity index is 1560. The Morgan fingerprint density at radius 2 is 1.79 bits per heavy atom. The molecular formula is C29H29N3O8S2. The number of amides is 3. The fraction of sp³-hybridized carbons (Fsp3) is 0.379. The molecule has 3 unspecified atom stereocenters. The molecule has 2 saturated heterocycles. The lowest BCUT2D eigenvalue weighted by molar-refractivity contribution is -0.137. The first kappa shape index (κ1) is 28.3. The first-order valence-corrected chi connectivity index (χ1v) is 15.3. The number of thioether (sulfide) groups is 1. The number of methoxy groups -OCH3 is 1. The molecular weight excluding hydrogens is 582 g/mol. The molecule has 0 bridgehead atoms. The Labute approximate surface area is 249 Å². The smallest absolute Gasteiger partial charge is 0.305 e. The highest BCUT2D eigenvalue weighted by Gasteiger charge is 2.56. The number of imide groups is 1. The number of nitrogens with zero attached hydrogens (tertiary/aromatic N) is 2. The second-order valence-corrected chi connectivity index (χ2v) is 12.0. The van der Waals surface area contributed by atoms with Crippen LogP contribution in [0.3, 0.4) is 0 Å². The molecule has 2 fully saturated rings. The lowest BCUT2D eigenvalue weighted by Gasteiger charge is -2.30. The molecule has 220 valence electrons. The number of aromatic nitrogens is 1. The molecule has 0 saturated carbocycles. The predicted molar refractivity (Wildman–Crippen MR) is 156 cm³/mol. The van der Waals surface area contributed by atoms with Gasteiger partial charge in [-0.15, -0.1) is 0 Å². The van der Waals surface area contributed by atoms with Gasteiger partial charge in [0.1, 0.15) is 11.0 Å². The highest BCUT2D eigenvalue weighted by Crippen LogP contribution is 2.53. The van der Waals surface area contributed by atoms with Gasteiger partial charge in [-0.05, 0) is 48.9 Å². The third-order valence-corrected chi connectivity index (χ3v) is 9.90. The van der Waals surface area contributed by atoms with E-state index >= 15 is 0 Å². The summed E-state index contributed by atoms with van der Waals surface area (Å²) in [7, 11) is 1.55. The highest BCUT2D eigenvalue weighted by molar-refractivity contribution is 8.00. The van der Waals surface area contributed by atoms with Crippen LogP contribution in [0.2, 0.25) is 0 Å². The van der Waals surface area contributed by atoms with Gasteiger partial charge in [-0.2, -0.15) is 0 Å². The maximum absolute atomic E-state index is 14.0. The van der Waals surface area contributed by atoms with Gasteiger partial charge in [0.05, 0.1) is 43.6 Å². The molecule has 6 rings (SSSR count). The SMILES string of the molecule is CCOc1cc(C2c3sc(=O)[nH]c3SC3C(=O)N(c4ccc(OC)cc4)C(=O)C32)ccc1OCC(=O)N1CCOCC1. The third kappa shape index (κ3) is 5.16. The van der Waals surface area contributed by atoms with Gasteiger partial charge < -0.3 is 28.8 Å². The normalized spacial score (nSPS) is 21.6. The average molecular weight is 612 g/mol. The van der Waals surface area contributed by atoms with Crippen molar-refractivity contribution in [1.82, 2.24) is 9.88 Å². The third-order valence-electron chi connectivity index (χ3n) is 7.50. The van der Waals surface area contributed by atoms with Crippen molar-refractivity contribution in [1.29, 1.82) is 0 Å². The Morgan fingerprint density at radius 1 is 1.02 bits per heavy atom. The molecule has 0 radical (unpaired) electrons. The lowest BCUT2D eigenvalue weighted by atomic mass is 9.83. The molecule has 11 nitrogen and oxygen atoms in total. The lowest BCUT2D eigenvalue weighted by Crippen LogP contribution is -2.43. The molecule has 3 aromatic rings. The van der Waals surface area contributed by atoms with E-state index in [0.717, 1.165) is 11.3 Å². The number of nitrogens with one attached hydrogen (secondary N) is 1. The van der Waals surface area contributed by atoms with Gasteiger partial charge in [-0.25, -0.2) is 4.90 Å². The molecule has 1 N–H and O–H groups in total. The molecule has 4 heterocycles. The van der Waals surface area contributed by atoms with Crippen LogP contribution in [0.15, 0.2) is 52.3 Å². The van der Waals surface area contributed by atoms with Crippen molar-refractivity contribution in [2.45, 2.75) is 23.1 Å². The van der Waals surface area contributed by atoms with Gasteiger partial charge in [0.15, 0.2) is 18.1 Å². The fourth-order valence-corrected chi connectivity index (χ4v) is 8.03. The van der Waals surface area contributed by atoms with Crippen molar-refractivity contribution in [3.63, 3.8) is 0 Å². The largest absolute Gasteiger partial charge is 0.497 e. The van der Waals surface area contributed by atoms with Crippen LogP contribution in [0, 0.1) is 5.92 Å². The van der Waals surface area contributed by atoms with Crippen LogP contribution in [0.1, 0.15) is 23.3 Å². The number of morpholine rings is 1. The number of hydrogen-bond donors (Lipinski definition) is 1. The molecule has 2 aromatic carbocycles. The van der Waals surface area contributed by atoms with Crippen LogP contribution in [0.4, 0.5) is 5.69 Å². The van der Waals surface area contributed by atoms with Crippen LogP contribution in [-0.2, 0) is 19.1 Å². The maximum Gasteiger partial charge on any atom is 0.305 e. The number of H-pyrrole nitrogens is 1. The Balaban J connectivity index is 1.33. The number of carbonyl (C=O) groups is 3. The Hall–Kier alpha value is -3.81.